The molecule has 4 aromatic rings. The minimum atomic E-state index is -4.32. The van der Waals surface area contributed by atoms with Crippen LogP contribution < -0.4 is 14.4 Å². The number of carbonyl (C=O) groups excluding carboxylic acids is 2. The van der Waals surface area contributed by atoms with Crippen LogP contribution in [0, 0.1) is 12.7 Å². The molecule has 0 heterocycles. The van der Waals surface area contributed by atoms with E-state index >= 15 is 0 Å². The van der Waals surface area contributed by atoms with Crippen LogP contribution in [0.25, 0.3) is 0 Å². The Labute approximate surface area is 264 Å². The summed E-state index contributed by atoms with van der Waals surface area (Å²) in [4.78, 5) is 29.5. The number of carbonyl (C=O) groups is 2. The van der Waals surface area contributed by atoms with E-state index in [9.17, 15) is 22.4 Å². The largest absolute Gasteiger partial charge is 0.497 e. The number of anilines is 1. The van der Waals surface area contributed by atoms with Crippen LogP contribution in [0.3, 0.4) is 0 Å². The second-order valence-corrected chi connectivity index (χ2v) is 12.9. The molecule has 45 heavy (non-hydrogen) atoms. The lowest BCUT2D eigenvalue weighted by atomic mass is 10.0. The minimum absolute atomic E-state index is 0.0589. The molecule has 10 heteroatoms. The van der Waals surface area contributed by atoms with Crippen molar-refractivity contribution in [3.63, 3.8) is 0 Å². The number of rotatable bonds is 13. The summed E-state index contributed by atoms with van der Waals surface area (Å²) in [6, 6.07) is 26.4. The number of nitrogens with zero attached hydrogens (tertiary/aromatic N) is 2. The molecule has 1 atom stereocenters. The first-order valence-corrected chi connectivity index (χ1v) is 16.0. The normalized spacial score (nSPS) is 12.0. The molecule has 0 radical (unpaired) electrons. The van der Waals surface area contributed by atoms with Crippen molar-refractivity contribution in [3.8, 4) is 5.75 Å². The molecule has 1 N–H and O–H groups in total. The number of hydrogen-bond donors (Lipinski definition) is 1. The summed E-state index contributed by atoms with van der Waals surface area (Å²) in [6.45, 7) is 5.03. The van der Waals surface area contributed by atoms with Crippen molar-refractivity contribution in [2.45, 2.75) is 50.7 Å². The minimum Gasteiger partial charge on any atom is -0.497 e. The molecule has 0 spiro atoms. The Kier molecular flexibility index (Phi) is 11.0. The van der Waals surface area contributed by atoms with E-state index in [4.69, 9.17) is 4.74 Å². The third-order valence-corrected chi connectivity index (χ3v) is 8.97. The summed E-state index contributed by atoms with van der Waals surface area (Å²) in [5.74, 6) is -1.05. The Morgan fingerprint density at radius 2 is 1.51 bits per heavy atom. The first-order chi connectivity index (χ1) is 21.5. The van der Waals surface area contributed by atoms with E-state index in [0.717, 1.165) is 33.1 Å². The average molecular weight is 632 g/mol. The highest BCUT2D eigenvalue weighted by Crippen LogP contribution is 2.27. The first-order valence-electron chi connectivity index (χ1n) is 14.6. The second-order valence-electron chi connectivity index (χ2n) is 11.0. The van der Waals surface area contributed by atoms with E-state index in [1.54, 1.807) is 0 Å². The Morgan fingerprint density at radius 3 is 2.11 bits per heavy atom. The molecule has 4 aromatic carbocycles. The Hall–Kier alpha value is -4.70. The number of ether oxygens (including phenoxy) is 1. The van der Waals surface area contributed by atoms with E-state index < -0.39 is 34.3 Å². The van der Waals surface area contributed by atoms with Crippen LogP contribution in [0.5, 0.6) is 5.75 Å². The van der Waals surface area contributed by atoms with Crippen LogP contribution in [-0.4, -0.2) is 50.9 Å². The van der Waals surface area contributed by atoms with Crippen molar-refractivity contribution in [2.24, 2.45) is 0 Å². The van der Waals surface area contributed by atoms with E-state index in [-0.39, 0.29) is 35.5 Å². The van der Waals surface area contributed by atoms with Crippen molar-refractivity contribution >= 4 is 27.5 Å². The van der Waals surface area contributed by atoms with Crippen molar-refractivity contribution in [2.75, 3.05) is 18.0 Å². The summed E-state index contributed by atoms with van der Waals surface area (Å²) >= 11 is 0. The molecule has 8 nitrogen and oxygen atoms in total. The van der Waals surface area contributed by atoms with Gasteiger partial charge in [0.1, 0.15) is 24.2 Å². The van der Waals surface area contributed by atoms with Crippen molar-refractivity contribution in [1.82, 2.24) is 10.2 Å². The molecule has 0 aliphatic rings. The quantitative estimate of drug-likeness (QED) is 0.210. The second kappa shape index (κ2) is 14.9. The third-order valence-electron chi connectivity index (χ3n) is 7.18. The molecule has 236 valence electrons. The standard InChI is InChI=1S/C35H38FN3O5S/c1-25(2)37-35(41)33(22-27-10-6-5-7-11-27)38(23-28-12-8-9-26(3)21-28)34(40)24-39(30-15-13-29(36)14-16-30)45(42,43)32-19-17-31(44-4)18-20-32/h5-21,25,33H,22-24H2,1-4H3,(H,37,41)/t33-/m0/s1. The molecular formula is C35H38FN3O5S. The van der Waals surface area contributed by atoms with Gasteiger partial charge in [-0.25, -0.2) is 12.8 Å². The topological polar surface area (TPSA) is 96.0 Å². The smallest absolute Gasteiger partial charge is 0.264 e. The zero-order valence-corrected chi connectivity index (χ0v) is 26.6. The fourth-order valence-corrected chi connectivity index (χ4v) is 6.37. The molecular weight excluding hydrogens is 593 g/mol. The van der Waals surface area contributed by atoms with Crippen LogP contribution in [0.1, 0.15) is 30.5 Å². The highest BCUT2D eigenvalue weighted by atomic mass is 32.2. The number of halogens is 1. The number of methoxy groups -OCH3 is 1. The molecule has 0 aliphatic carbocycles. The van der Waals surface area contributed by atoms with E-state index in [0.29, 0.717) is 5.75 Å². The van der Waals surface area contributed by atoms with Gasteiger partial charge in [-0.2, -0.15) is 0 Å². The highest BCUT2D eigenvalue weighted by Gasteiger charge is 2.35. The molecule has 0 aromatic heterocycles. The maximum atomic E-state index is 14.4. The van der Waals surface area contributed by atoms with E-state index in [1.807, 2.05) is 75.4 Å². The summed E-state index contributed by atoms with van der Waals surface area (Å²) in [7, 11) is -2.85. The van der Waals surface area contributed by atoms with Gasteiger partial charge in [0.2, 0.25) is 11.8 Å². The lowest BCUT2D eigenvalue weighted by Crippen LogP contribution is -2.54. The number of nitrogens with one attached hydrogen (secondary N) is 1. The van der Waals surface area contributed by atoms with Crippen molar-refractivity contribution in [3.05, 3.63) is 126 Å². The van der Waals surface area contributed by atoms with Crippen LogP contribution in [0.2, 0.25) is 0 Å². The maximum Gasteiger partial charge on any atom is 0.264 e. The zero-order valence-electron chi connectivity index (χ0n) is 25.8. The van der Waals surface area contributed by atoms with Crippen LogP contribution in [-0.2, 0) is 32.6 Å². The van der Waals surface area contributed by atoms with Gasteiger partial charge in [0.05, 0.1) is 17.7 Å². The lowest BCUT2D eigenvalue weighted by molar-refractivity contribution is -0.140. The molecule has 0 bridgehead atoms. The van der Waals surface area contributed by atoms with Gasteiger partial charge in [-0.3, -0.25) is 13.9 Å². The summed E-state index contributed by atoms with van der Waals surface area (Å²) < 4.78 is 48.2. The molecule has 4 rings (SSSR count). The summed E-state index contributed by atoms with van der Waals surface area (Å²) in [5, 5.41) is 2.94. The highest BCUT2D eigenvalue weighted by molar-refractivity contribution is 7.92. The van der Waals surface area contributed by atoms with E-state index in [2.05, 4.69) is 5.32 Å². The maximum absolute atomic E-state index is 14.4. The molecule has 0 saturated carbocycles. The SMILES string of the molecule is COc1ccc(S(=O)(=O)N(CC(=O)N(Cc2cccc(C)c2)[C@@H](Cc2ccccc2)C(=O)NC(C)C)c2ccc(F)cc2)cc1. The average Bonchev–Trinajstić information content (AvgIpc) is 3.02. The summed E-state index contributed by atoms with van der Waals surface area (Å²) in [5.41, 5.74) is 2.69. The van der Waals surface area contributed by atoms with Gasteiger partial charge >= 0.3 is 0 Å². The summed E-state index contributed by atoms with van der Waals surface area (Å²) in [6.07, 6.45) is 0.207. The molecule has 0 unspecified atom stereocenters. The lowest BCUT2D eigenvalue weighted by Gasteiger charge is -2.34. The third kappa shape index (κ3) is 8.69. The molecule has 0 saturated heterocycles. The monoisotopic (exact) mass is 631 g/mol. The predicted octanol–water partition coefficient (Wildman–Crippen LogP) is 5.50. The first kappa shape index (κ1) is 33.2. The number of amides is 2. The van der Waals surface area contributed by atoms with Gasteiger partial charge in [-0.1, -0.05) is 60.2 Å². The van der Waals surface area contributed by atoms with Crippen LogP contribution in [0.15, 0.2) is 108 Å². The Balaban J connectivity index is 1.80. The van der Waals surface area contributed by atoms with Crippen LogP contribution >= 0.6 is 0 Å². The predicted molar refractivity (Wildman–Crippen MR) is 173 cm³/mol. The fourth-order valence-electron chi connectivity index (χ4n) is 4.95. The molecule has 0 fully saturated rings. The van der Waals surface area contributed by atoms with E-state index in [1.165, 1.54) is 48.4 Å². The number of hydrogen-bond acceptors (Lipinski definition) is 5. The van der Waals surface area contributed by atoms with Crippen LogP contribution in [0.4, 0.5) is 10.1 Å². The van der Waals surface area contributed by atoms with Gasteiger partial charge in [-0.05, 0) is 80.4 Å². The molecule has 0 aliphatic heterocycles. The number of benzene rings is 4. The van der Waals surface area contributed by atoms with Gasteiger partial charge in [0.15, 0.2) is 0 Å². The van der Waals surface area contributed by atoms with Crippen molar-refractivity contribution in [1.29, 1.82) is 0 Å². The number of sulfonamides is 1. The zero-order chi connectivity index (χ0) is 32.6. The molecule has 2 amide bonds. The fraction of sp³-hybridized carbons (Fsp3) is 0.257. The Bertz CT molecular complexity index is 1700. The number of aryl methyl sites for hydroxylation is 1. The van der Waals surface area contributed by atoms with Crippen molar-refractivity contribution < 1.29 is 27.1 Å². The Morgan fingerprint density at radius 1 is 0.867 bits per heavy atom. The van der Waals surface area contributed by atoms with Gasteiger partial charge < -0.3 is 15.0 Å². The van der Waals surface area contributed by atoms with Gasteiger partial charge in [0.25, 0.3) is 10.0 Å². The van der Waals surface area contributed by atoms with Gasteiger partial charge in [0, 0.05) is 19.0 Å². The van der Waals surface area contributed by atoms with Gasteiger partial charge in [-0.15, -0.1) is 0 Å².